The molecule has 2 heteroatoms. The number of benzene rings is 1. The van der Waals surface area contributed by atoms with Crippen molar-refractivity contribution in [2.24, 2.45) is 5.92 Å². The second-order valence-corrected chi connectivity index (χ2v) is 4.16. The molecule has 0 amide bonds. The number of carbonyl (C=O) groups is 1. The van der Waals surface area contributed by atoms with Gasteiger partial charge in [-0.25, -0.2) is 0 Å². The van der Waals surface area contributed by atoms with Crippen LogP contribution >= 0.6 is 0 Å². The first kappa shape index (κ1) is 9.25. The van der Waals surface area contributed by atoms with Crippen molar-refractivity contribution >= 4 is 5.78 Å². The molecule has 0 radical (unpaired) electrons. The molecule has 0 spiro atoms. The molecule has 1 N–H and O–H groups in total. The lowest BCUT2D eigenvalue weighted by Gasteiger charge is -2.06. The third-order valence-electron chi connectivity index (χ3n) is 2.89. The Morgan fingerprint density at radius 3 is 2.64 bits per heavy atom. The van der Waals surface area contributed by atoms with E-state index in [0.717, 1.165) is 29.5 Å². The second kappa shape index (κ2) is 3.12. The van der Waals surface area contributed by atoms with E-state index < -0.39 is 0 Å². The van der Waals surface area contributed by atoms with Crippen LogP contribution < -0.4 is 0 Å². The van der Waals surface area contributed by atoms with Crippen LogP contribution in [0.15, 0.2) is 12.1 Å². The fraction of sp³-hybridized carbons (Fsp3) is 0.417. The van der Waals surface area contributed by atoms with Crippen LogP contribution in [-0.4, -0.2) is 10.9 Å². The number of ketones is 1. The van der Waals surface area contributed by atoms with Crippen molar-refractivity contribution in [2.75, 3.05) is 0 Å². The zero-order valence-corrected chi connectivity index (χ0v) is 8.50. The zero-order valence-electron chi connectivity index (χ0n) is 8.50. The summed E-state index contributed by atoms with van der Waals surface area (Å²) in [6.45, 7) is 3.72. The van der Waals surface area contributed by atoms with E-state index in [-0.39, 0.29) is 5.78 Å². The second-order valence-electron chi connectivity index (χ2n) is 4.16. The van der Waals surface area contributed by atoms with Crippen LogP contribution in [0, 0.1) is 5.92 Å². The number of hydrogen-bond donors (Lipinski definition) is 1. The van der Waals surface area contributed by atoms with Gasteiger partial charge in [-0.05, 0) is 48.9 Å². The molecule has 0 aromatic heterocycles. The minimum absolute atomic E-state index is 0.0929. The topological polar surface area (TPSA) is 37.3 Å². The molecule has 1 aliphatic carbocycles. The van der Waals surface area contributed by atoms with Crippen LogP contribution in [0.4, 0.5) is 0 Å². The summed E-state index contributed by atoms with van der Waals surface area (Å²) in [5, 5.41) is 9.64. The van der Waals surface area contributed by atoms with Gasteiger partial charge < -0.3 is 5.11 Å². The summed E-state index contributed by atoms with van der Waals surface area (Å²) in [7, 11) is 0. The van der Waals surface area contributed by atoms with E-state index in [9.17, 15) is 9.90 Å². The molecule has 0 saturated carbocycles. The normalized spacial score (nSPS) is 19.4. The first-order valence-corrected chi connectivity index (χ1v) is 4.94. The number of Topliss-reactive ketones (excluding diaryl/α,β-unsaturated/α-hetero) is 1. The summed E-state index contributed by atoms with van der Waals surface area (Å²) in [5.74, 6) is 0.973. The van der Waals surface area contributed by atoms with E-state index in [1.54, 1.807) is 19.1 Å². The fourth-order valence-electron chi connectivity index (χ4n) is 2.24. The van der Waals surface area contributed by atoms with Crippen molar-refractivity contribution in [3.05, 3.63) is 28.8 Å². The van der Waals surface area contributed by atoms with Gasteiger partial charge in [0.05, 0.1) is 0 Å². The standard InChI is InChI=1S/C12H14O2/c1-7-5-10-9(8(2)13)3-4-12(14)11(10)6-7/h3-4,7,14H,5-6H2,1-2H3. The smallest absolute Gasteiger partial charge is 0.160 e. The Bertz CT molecular complexity index is 394. The highest BCUT2D eigenvalue weighted by molar-refractivity contribution is 5.96. The number of rotatable bonds is 1. The molecule has 1 aromatic rings. The number of hydrogen-bond acceptors (Lipinski definition) is 2. The molecule has 1 atom stereocenters. The monoisotopic (exact) mass is 190 g/mol. The van der Waals surface area contributed by atoms with Crippen molar-refractivity contribution in [1.82, 2.24) is 0 Å². The minimum atomic E-state index is 0.0929. The Kier molecular flexibility index (Phi) is 2.06. The molecule has 2 nitrogen and oxygen atoms in total. The maximum absolute atomic E-state index is 11.3. The first-order valence-electron chi connectivity index (χ1n) is 4.94. The van der Waals surface area contributed by atoms with E-state index in [1.807, 2.05) is 0 Å². The molecular formula is C12H14O2. The Labute approximate surface area is 83.6 Å². The van der Waals surface area contributed by atoms with E-state index in [1.165, 1.54) is 0 Å². The summed E-state index contributed by atoms with van der Waals surface area (Å²) in [6, 6.07) is 3.36. The Morgan fingerprint density at radius 2 is 2.00 bits per heavy atom. The van der Waals surface area contributed by atoms with Gasteiger partial charge in [-0.2, -0.15) is 0 Å². The number of fused-ring (bicyclic) bond motifs is 1. The zero-order chi connectivity index (χ0) is 10.3. The van der Waals surface area contributed by atoms with Gasteiger partial charge in [0.25, 0.3) is 0 Å². The lowest BCUT2D eigenvalue weighted by atomic mass is 10.00. The van der Waals surface area contributed by atoms with Gasteiger partial charge in [0.2, 0.25) is 0 Å². The van der Waals surface area contributed by atoms with Gasteiger partial charge in [-0.15, -0.1) is 0 Å². The molecule has 0 aliphatic heterocycles. The summed E-state index contributed by atoms with van der Waals surface area (Å²) in [4.78, 5) is 11.3. The molecular weight excluding hydrogens is 176 g/mol. The van der Waals surface area contributed by atoms with Crippen LogP contribution in [-0.2, 0) is 12.8 Å². The van der Waals surface area contributed by atoms with E-state index >= 15 is 0 Å². The predicted molar refractivity (Wildman–Crippen MR) is 54.7 cm³/mol. The lowest BCUT2D eigenvalue weighted by molar-refractivity contribution is 0.101. The molecule has 2 rings (SSSR count). The highest BCUT2D eigenvalue weighted by Crippen LogP contribution is 2.35. The van der Waals surface area contributed by atoms with Crippen molar-refractivity contribution in [1.29, 1.82) is 0 Å². The lowest BCUT2D eigenvalue weighted by Crippen LogP contribution is -1.99. The number of phenols is 1. The molecule has 1 unspecified atom stereocenters. The van der Waals surface area contributed by atoms with Crippen molar-refractivity contribution in [3.63, 3.8) is 0 Å². The number of carbonyl (C=O) groups excluding carboxylic acids is 1. The molecule has 1 aliphatic rings. The molecule has 74 valence electrons. The molecule has 0 saturated heterocycles. The van der Waals surface area contributed by atoms with Gasteiger partial charge in [0, 0.05) is 5.56 Å². The highest BCUT2D eigenvalue weighted by Gasteiger charge is 2.24. The SMILES string of the molecule is CC(=O)c1ccc(O)c2c1CC(C)C2. The maximum atomic E-state index is 11.3. The molecule has 0 bridgehead atoms. The average molecular weight is 190 g/mol. The average Bonchev–Trinajstić information content (AvgIpc) is 2.47. The fourth-order valence-corrected chi connectivity index (χ4v) is 2.24. The molecule has 0 fully saturated rings. The predicted octanol–water partition coefficient (Wildman–Crippen LogP) is 2.33. The molecule has 14 heavy (non-hydrogen) atoms. The third-order valence-corrected chi connectivity index (χ3v) is 2.89. The van der Waals surface area contributed by atoms with Crippen molar-refractivity contribution in [2.45, 2.75) is 26.7 Å². The highest BCUT2D eigenvalue weighted by atomic mass is 16.3. The summed E-state index contributed by atoms with van der Waals surface area (Å²) < 4.78 is 0. The third kappa shape index (κ3) is 1.31. The summed E-state index contributed by atoms with van der Waals surface area (Å²) >= 11 is 0. The Hall–Kier alpha value is -1.31. The quantitative estimate of drug-likeness (QED) is 0.690. The van der Waals surface area contributed by atoms with Gasteiger partial charge in [-0.3, -0.25) is 4.79 Å². The maximum Gasteiger partial charge on any atom is 0.160 e. The summed E-state index contributed by atoms with van der Waals surface area (Å²) in [5.41, 5.74) is 2.82. The molecule has 0 heterocycles. The van der Waals surface area contributed by atoms with Crippen LogP contribution in [0.1, 0.15) is 35.3 Å². The van der Waals surface area contributed by atoms with Crippen LogP contribution in [0.5, 0.6) is 5.75 Å². The first-order chi connectivity index (χ1) is 6.59. The van der Waals surface area contributed by atoms with E-state index in [2.05, 4.69) is 6.92 Å². The Balaban J connectivity index is 2.59. The van der Waals surface area contributed by atoms with Gasteiger partial charge in [0.15, 0.2) is 5.78 Å². The van der Waals surface area contributed by atoms with Crippen LogP contribution in [0.3, 0.4) is 0 Å². The van der Waals surface area contributed by atoms with Crippen LogP contribution in [0.2, 0.25) is 0 Å². The minimum Gasteiger partial charge on any atom is -0.508 e. The summed E-state index contributed by atoms with van der Waals surface area (Å²) in [6.07, 6.45) is 1.81. The van der Waals surface area contributed by atoms with Gasteiger partial charge >= 0.3 is 0 Å². The van der Waals surface area contributed by atoms with Gasteiger partial charge in [0.1, 0.15) is 5.75 Å². The van der Waals surface area contributed by atoms with E-state index in [0.29, 0.717) is 11.7 Å². The van der Waals surface area contributed by atoms with E-state index in [4.69, 9.17) is 0 Å². The van der Waals surface area contributed by atoms with Crippen LogP contribution in [0.25, 0.3) is 0 Å². The van der Waals surface area contributed by atoms with Crippen molar-refractivity contribution in [3.8, 4) is 5.75 Å². The Morgan fingerprint density at radius 1 is 1.36 bits per heavy atom. The van der Waals surface area contributed by atoms with Crippen molar-refractivity contribution < 1.29 is 9.90 Å². The number of phenolic OH excluding ortho intramolecular Hbond substituents is 1. The van der Waals surface area contributed by atoms with Gasteiger partial charge in [-0.1, -0.05) is 6.92 Å². The largest absolute Gasteiger partial charge is 0.508 e. The molecule has 1 aromatic carbocycles. The number of aromatic hydroxyl groups is 1.